The molecule has 1 aliphatic rings. The Kier molecular flexibility index (Phi) is 9.64. The lowest BCUT2D eigenvalue weighted by Gasteiger charge is -2.35. The van der Waals surface area contributed by atoms with Crippen LogP contribution in [0, 0.1) is 0 Å². The van der Waals surface area contributed by atoms with Gasteiger partial charge in [0.05, 0.1) is 31.6 Å². The van der Waals surface area contributed by atoms with Crippen molar-refractivity contribution in [2.45, 2.75) is 46.1 Å². The van der Waals surface area contributed by atoms with E-state index in [0.717, 1.165) is 23.8 Å². The summed E-state index contributed by atoms with van der Waals surface area (Å²) in [6, 6.07) is 11.5. The molecule has 2 aromatic rings. The van der Waals surface area contributed by atoms with E-state index in [2.05, 4.69) is 15.6 Å². The number of aliphatic imine (C=N–C) groups is 1. The van der Waals surface area contributed by atoms with E-state index < -0.39 is 0 Å². The van der Waals surface area contributed by atoms with Crippen molar-refractivity contribution in [3.05, 3.63) is 59.5 Å². The number of amides is 1. The van der Waals surface area contributed by atoms with Crippen LogP contribution in [0.15, 0.2) is 52.1 Å². The zero-order valence-electron chi connectivity index (χ0n) is 17.8. The average Bonchev–Trinajstić information content (AvgIpc) is 3.23. The van der Waals surface area contributed by atoms with Crippen molar-refractivity contribution in [1.82, 2.24) is 15.5 Å². The van der Waals surface area contributed by atoms with Crippen LogP contribution < -0.4 is 10.6 Å². The molecule has 7 nitrogen and oxygen atoms in total. The molecule has 164 valence electrons. The van der Waals surface area contributed by atoms with Crippen molar-refractivity contribution < 1.29 is 13.9 Å². The van der Waals surface area contributed by atoms with Gasteiger partial charge in [0.1, 0.15) is 5.76 Å². The van der Waals surface area contributed by atoms with Gasteiger partial charge in [0, 0.05) is 25.2 Å². The smallest absolute Gasteiger partial charge is 0.254 e. The highest BCUT2D eigenvalue weighted by Gasteiger charge is 2.26. The standard InChI is InChI=1S/C22H30N4O3.HI/c1-4-23-22(25-13-20-6-5-11-28-20)24-12-18-7-9-19(10-8-18)21(27)26-14-16(2)29-17(3)15-26;/h5-11,16-17H,4,12-15H2,1-3H3,(H2,23,24,25);1H. The Hall–Kier alpha value is -2.07. The molecule has 2 atom stereocenters. The second kappa shape index (κ2) is 11.9. The minimum absolute atomic E-state index is 0. The van der Waals surface area contributed by atoms with Gasteiger partial charge in [0.2, 0.25) is 0 Å². The quantitative estimate of drug-likeness (QED) is 0.343. The molecule has 1 aromatic carbocycles. The number of rotatable bonds is 6. The zero-order chi connectivity index (χ0) is 20.6. The number of carbonyl (C=O) groups excluding carboxylic acids is 1. The van der Waals surface area contributed by atoms with E-state index in [-0.39, 0.29) is 42.1 Å². The summed E-state index contributed by atoms with van der Waals surface area (Å²) < 4.78 is 11.0. The first-order valence-electron chi connectivity index (χ1n) is 10.1. The number of furan rings is 1. The van der Waals surface area contributed by atoms with Gasteiger partial charge in [-0.25, -0.2) is 4.99 Å². The first-order valence-corrected chi connectivity index (χ1v) is 10.1. The fourth-order valence-corrected chi connectivity index (χ4v) is 3.38. The van der Waals surface area contributed by atoms with Crippen LogP contribution in [-0.2, 0) is 17.8 Å². The van der Waals surface area contributed by atoms with E-state index in [1.165, 1.54) is 0 Å². The molecule has 1 aromatic heterocycles. The lowest BCUT2D eigenvalue weighted by Crippen LogP contribution is -2.48. The predicted molar refractivity (Wildman–Crippen MR) is 128 cm³/mol. The number of hydrogen-bond acceptors (Lipinski definition) is 4. The Morgan fingerprint density at radius 1 is 1.13 bits per heavy atom. The molecule has 1 amide bonds. The average molecular weight is 526 g/mol. The van der Waals surface area contributed by atoms with Crippen LogP contribution in [0.5, 0.6) is 0 Å². The topological polar surface area (TPSA) is 79.1 Å². The molecule has 0 radical (unpaired) electrons. The molecule has 8 heteroatoms. The van der Waals surface area contributed by atoms with Gasteiger partial charge in [-0.1, -0.05) is 12.1 Å². The highest BCUT2D eigenvalue weighted by molar-refractivity contribution is 14.0. The molecule has 0 saturated carbocycles. The van der Waals surface area contributed by atoms with Crippen molar-refractivity contribution in [3.8, 4) is 0 Å². The summed E-state index contributed by atoms with van der Waals surface area (Å²) in [5.74, 6) is 1.63. The summed E-state index contributed by atoms with van der Waals surface area (Å²) in [6.45, 7) is 9.14. The molecule has 2 heterocycles. The Morgan fingerprint density at radius 3 is 2.43 bits per heavy atom. The van der Waals surface area contributed by atoms with Crippen molar-refractivity contribution >= 4 is 35.8 Å². The molecule has 0 bridgehead atoms. The number of halogens is 1. The lowest BCUT2D eigenvalue weighted by atomic mass is 10.1. The summed E-state index contributed by atoms with van der Waals surface area (Å²) in [7, 11) is 0. The first kappa shape index (κ1) is 24.2. The van der Waals surface area contributed by atoms with E-state index in [0.29, 0.717) is 31.7 Å². The summed E-state index contributed by atoms with van der Waals surface area (Å²) in [4.78, 5) is 19.2. The summed E-state index contributed by atoms with van der Waals surface area (Å²) in [6.07, 6.45) is 1.78. The highest BCUT2D eigenvalue weighted by Crippen LogP contribution is 2.15. The number of nitrogens with one attached hydrogen (secondary N) is 2. The number of morpholine rings is 1. The van der Waals surface area contributed by atoms with Gasteiger partial charge in [-0.2, -0.15) is 0 Å². The van der Waals surface area contributed by atoms with Crippen LogP contribution in [0.25, 0.3) is 0 Å². The molecule has 0 aliphatic carbocycles. The van der Waals surface area contributed by atoms with Crippen LogP contribution in [0.1, 0.15) is 42.5 Å². The van der Waals surface area contributed by atoms with Crippen molar-refractivity contribution in [2.75, 3.05) is 19.6 Å². The number of hydrogen-bond donors (Lipinski definition) is 2. The van der Waals surface area contributed by atoms with E-state index in [4.69, 9.17) is 9.15 Å². The normalized spacial score (nSPS) is 19.2. The van der Waals surface area contributed by atoms with Gasteiger partial charge < -0.3 is 24.7 Å². The van der Waals surface area contributed by atoms with Crippen LogP contribution in [-0.4, -0.2) is 48.6 Å². The molecule has 1 fully saturated rings. The molecule has 1 aliphatic heterocycles. The van der Waals surface area contributed by atoms with Gasteiger partial charge in [-0.15, -0.1) is 24.0 Å². The highest BCUT2D eigenvalue weighted by atomic mass is 127. The maximum Gasteiger partial charge on any atom is 0.254 e. The van der Waals surface area contributed by atoms with Crippen LogP contribution in [0.3, 0.4) is 0 Å². The third-order valence-corrected chi connectivity index (χ3v) is 4.68. The minimum Gasteiger partial charge on any atom is -0.467 e. The number of guanidine groups is 1. The predicted octanol–water partition coefficient (Wildman–Crippen LogP) is 3.40. The minimum atomic E-state index is 0. The van der Waals surface area contributed by atoms with E-state index in [1.54, 1.807) is 6.26 Å². The van der Waals surface area contributed by atoms with Crippen LogP contribution >= 0.6 is 24.0 Å². The Bertz CT molecular complexity index is 798. The van der Waals surface area contributed by atoms with Crippen molar-refractivity contribution in [1.29, 1.82) is 0 Å². The molecule has 2 unspecified atom stereocenters. The SMILES string of the molecule is CCNC(=NCc1ccc(C(=O)N2CC(C)OC(C)C2)cc1)NCc1ccco1.I. The van der Waals surface area contributed by atoms with Crippen molar-refractivity contribution in [2.24, 2.45) is 4.99 Å². The summed E-state index contributed by atoms with van der Waals surface area (Å²) >= 11 is 0. The van der Waals surface area contributed by atoms with Gasteiger partial charge >= 0.3 is 0 Å². The summed E-state index contributed by atoms with van der Waals surface area (Å²) in [5, 5.41) is 6.47. The van der Waals surface area contributed by atoms with Gasteiger partial charge in [0.15, 0.2) is 5.96 Å². The molecule has 3 rings (SSSR count). The monoisotopic (exact) mass is 526 g/mol. The van der Waals surface area contributed by atoms with E-state index in [1.807, 2.05) is 62.1 Å². The van der Waals surface area contributed by atoms with Crippen molar-refractivity contribution in [3.63, 3.8) is 0 Å². The Morgan fingerprint density at radius 2 is 1.83 bits per heavy atom. The maximum absolute atomic E-state index is 12.8. The van der Waals surface area contributed by atoms with Gasteiger partial charge in [-0.3, -0.25) is 4.79 Å². The Labute approximate surface area is 195 Å². The molecule has 30 heavy (non-hydrogen) atoms. The second-order valence-electron chi connectivity index (χ2n) is 7.29. The molecule has 1 saturated heterocycles. The largest absolute Gasteiger partial charge is 0.467 e. The fraction of sp³-hybridized carbons (Fsp3) is 0.455. The second-order valence-corrected chi connectivity index (χ2v) is 7.29. The first-order chi connectivity index (χ1) is 14.0. The van der Waals surface area contributed by atoms with E-state index >= 15 is 0 Å². The van der Waals surface area contributed by atoms with Crippen LogP contribution in [0.2, 0.25) is 0 Å². The number of nitrogens with zero attached hydrogens (tertiary/aromatic N) is 2. The third kappa shape index (κ3) is 7.02. The van der Waals surface area contributed by atoms with Gasteiger partial charge in [-0.05, 0) is 50.6 Å². The zero-order valence-corrected chi connectivity index (χ0v) is 20.1. The molecule has 2 N–H and O–H groups in total. The Balaban J connectivity index is 0.00000320. The summed E-state index contributed by atoms with van der Waals surface area (Å²) in [5.41, 5.74) is 1.74. The third-order valence-electron chi connectivity index (χ3n) is 4.68. The van der Waals surface area contributed by atoms with Crippen LogP contribution in [0.4, 0.5) is 0 Å². The lowest BCUT2D eigenvalue weighted by molar-refractivity contribution is -0.0586. The number of carbonyl (C=O) groups is 1. The number of benzene rings is 1. The fourth-order valence-electron chi connectivity index (χ4n) is 3.38. The van der Waals surface area contributed by atoms with E-state index in [9.17, 15) is 4.79 Å². The maximum atomic E-state index is 12.8. The number of ether oxygens (including phenoxy) is 1. The van der Waals surface area contributed by atoms with Gasteiger partial charge in [0.25, 0.3) is 5.91 Å². The molecule has 0 spiro atoms. The molecular weight excluding hydrogens is 495 g/mol. The molecular formula is C22H31IN4O3.